The van der Waals surface area contributed by atoms with Gasteiger partial charge in [0.15, 0.2) is 0 Å². The Bertz CT molecular complexity index is 486. The third kappa shape index (κ3) is 5.58. The molecule has 1 aromatic carbocycles. The lowest BCUT2D eigenvalue weighted by Crippen LogP contribution is -2.49. The predicted octanol–water partition coefficient (Wildman–Crippen LogP) is 2.80. The number of hydrogen-bond acceptors (Lipinski definition) is 2. The van der Waals surface area contributed by atoms with Gasteiger partial charge in [-0.3, -0.25) is 4.79 Å². The molecule has 4 nitrogen and oxygen atoms in total. The maximum absolute atomic E-state index is 11.9. The van der Waals surface area contributed by atoms with Crippen LogP contribution in [0, 0.1) is 5.41 Å². The van der Waals surface area contributed by atoms with Crippen LogP contribution in [0.5, 0.6) is 0 Å². The van der Waals surface area contributed by atoms with Crippen molar-refractivity contribution in [1.29, 1.82) is 0 Å². The molecular formula is C17H25NO3. The zero-order valence-electron chi connectivity index (χ0n) is 13.3. The van der Waals surface area contributed by atoms with Gasteiger partial charge in [-0.1, -0.05) is 52.0 Å². The van der Waals surface area contributed by atoms with Crippen molar-refractivity contribution in [2.24, 2.45) is 5.41 Å². The number of carboxylic acids is 1. The summed E-state index contributed by atoms with van der Waals surface area (Å²) in [5.41, 5.74) is 1.84. The van der Waals surface area contributed by atoms with Crippen LogP contribution in [-0.4, -0.2) is 23.0 Å². The maximum Gasteiger partial charge on any atom is 0.326 e. The minimum Gasteiger partial charge on any atom is -0.480 e. The van der Waals surface area contributed by atoms with E-state index in [1.807, 2.05) is 12.1 Å². The first kappa shape index (κ1) is 17.2. The molecule has 1 amide bonds. The van der Waals surface area contributed by atoms with Crippen molar-refractivity contribution in [2.75, 3.05) is 0 Å². The lowest BCUT2D eigenvalue weighted by molar-refractivity contribution is -0.144. The highest BCUT2D eigenvalue weighted by atomic mass is 16.4. The quantitative estimate of drug-likeness (QED) is 0.847. The van der Waals surface area contributed by atoms with Gasteiger partial charge in [-0.2, -0.15) is 0 Å². The van der Waals surface area contributed by atoms with Gasteiger partial charge in [0, 0.05) is 6.42 Å². The molecule has 0 bridgehead atoms. The molecule has 0 fully saturated rings. The van der Waals surface area contributed by atoms with E-state index >= 15 is 0 Å². The SMILES string of the molecule is CCc1ccc(CCC(=O)N[C@H](C(=O)O)C(C)(C)C)cc1. The lowest BCUT2D eigenvalue weighted by atomic mass is 9.86. The number of carboxylic acid groups (broad SMARTS) is 1. The topological polar surface area (TPSA) is 66.4 Å². The molecular weight excluding hydrogens is 266 g/mol. The van der Waals surface area contributed by atoms with Crippen molar-refractivity contribution in [3.05, 3.63) is 35.4 Å². The summed E-state index contributed by atoms with van der Waals surface area (Å²) in [6.45, 7) is 7.50. The molecule has 0 saturated carbocycles. The molecule has 116 valence electrons. The van der Waals surface area contributed by atoms with Crippen LogP contribution in [0.25, 0.3) is 0 Å². The average molecular weight is 291 g/mol. The van der Waals surface area contributed by atoms with Crippen LogP contribution in [0.15, 0.2) is 24.3 Å². The first-order valence-electron chi connectivity index (χ1n) is 7.34. The molecule has 0 aliphatic carbocycles. The first-order chi connectivity index (χ1) is 9.74. The van der Waals surface area contributed by atoms with Crippen LogP contribution >= 0.6 is 0 Å². The largest absolute Gasteiger partial charge is 0.480 e. The minimum absolute atomic E-state index is 0.225. The average Bonchev–Trinajstić information content (AvgIpc) is 2.41. The number of carbonyl (C=O) groups excluding carboxylic acids is 1. The number of aliphatic carboxylic acids is 1. The molecule has 0 aliphatic heterocycles. The van der Waals surface area contributed by atoms with Crippen LogP contribution in [0.1, 0.15) is 45.2 Å². The molecule has 0 aromatic heterocycles. The zero-order valence-corrected chi connectivity index (χ0v) is 13.3. The van der Waals surface area contributed by atoms with E-state index < -0.39 is 17.4 Å². The van der Waals surface area contributed by atoms with Gasteiger partial charge in [0.05, 0.1) is 0 Å². The molecule has 0 radical (unpaired) electrons. The van der Waals surface area contributed by atoms with Crippen molar-refractivity contribution >= 4 is 11.9 Å². The fraction of sp³-hybridized carbons (Fsp3) is 0.529. The third-order valence-corrected chi connectivity index (χ3v) is 3.49. The van der Waals surface area contributed by atoms with E-state index in [1.165, 1.54) is 5.56 Å². The molecule has 0 saturated heterocycles. The highest BCUT2D eigenvalue weighted by Crippen LogP contribution is 2.19. The summed E-state index contributed by atoms with van der Waals surface area (Å²) in [6, 6.07) is 7.28. The van der Waals surface area contributed by atoms with Gasteiger partial charge >= 0.3 is 5.97 Å². The molecule has 0 spiro atoms. The number of benzene rings is 1. The Morgan fingerprint density at radius 3 is 2.10 bits per heavy atom. The number of rotatable bonds is 6. The molecule has 4 heteroatoms. The molecule has 0 unspecified atom stereocenters. The van der Waals surface area contributed by atoms with Crippen molar-refractivity contribution in [1.82, 2.24) is 5.32 Å². The Labute approximate surface area is 126 Å². The van der Waals surface area contributed by atoms with Gasteiger partial charge in [0.25, 0.3) is 0 Å². The Morgan fingerprint density at radius 2 is 1.67 bits per heavy atom. The molecule has 0 aliphatic rings. The number of amides is 1. The van der Waals surface area contributed by atoms with Gasteiger partial charge in [-0.15, -0.1) is 0 Å². The van der Waals surface area contributed by atoms with E-state index in [-0.39, 0.29) is 5.91 Å². The van der Waals surface area contributed by atoms with Crippen LogP contribution < -0.4 is 5.32 Å². The van der Waals surface area contributed by atoms with E-state index in [2.05, 4.69) is 24.4 Å². The molecule has 1 atom stereocenters. The van der Waals surface area contributed by atoms with Gasteiger partial charge in [-0.05, 0) is 29.4 Å². The number of nitrogens with one attached hydrogen (secondary N) is 1. The molecule has 0 heterocycles. The second-order valence-corrected chi connectivity index (χ2v) is 6.37. The van der Waals surface area contributed by atoms with Crippen molar-refractivity contribution < 1.29 is 14.7 Å². The number of carbonyl (C=O) groups is 2. The van der Waals surface area contributed by atoms with Crippen LogP contribution in [0.4, 0.5) is 0 Å². The third-order valence-electron chi connectivity index (χ3n) is 3.49. The molecule has 21 heavy (non-hydrogen) atoms. The summed E-state index contributed by atoms with van der Waals surface area (Å²) in [5.74, 6) is -1.22. The van der Waals surface area contributed by atoms with Crippen LogP contribution in [0.3, 0.4) is 0 Å². The molecule has 1 rings (SSSR count). The monoisotopic (exact) mass is 291 g/mol. The summed E-state index contributed by atoms with van der Waals surface area (Å²) < 4.78 is 0. The fourth-order valence-electron chi connectivity index (χ4n) is 2.08. The first-order valence-corrected chi connectivity index (χ1v) is 7.34. The molecule has 2 N–H and O–H groups in total. The summed E-state index contributed by atoms with van der Waals surface area (Å²) in [6.07, 6.45) is 1.91. The van der Waals surface area contributed by atoms with Gasteiger partial charge in [0.2, 0.25) is 5.91 Å². The Hall–Kier alpha value is -1.84. The highest BCUT2D eigenvalue weighted by molar-refractivity contribution is 5.84. The molecule has 1 aromatic rings. The van der Waals surface area contributed by atoms with E-state index in [9.17, 15) is 14.7 Å². The number of hydrogen-bond donors (Lipinski definition) is 2. The van der Waals surface area contributed by atoms with Crippen LogP contribution in [0.2, 0.25) is 0 Å². The summed E-state index contributed by atoms with van der Waals surface area (Å²) in [5, 5.41) is 11.8. The Balaban J connectivity index is 2.54. The maximum atomic E-state index is 11.9. The van der Waals surface area contributed by atoms with E-state index in [0.717, 1.165) is 12.0 Å². The smallest absolute Gasteiger partial charge is 0.326 e. The zero-order chi connectivity index (χ0) is 16.0. The second kappa shape index (κ2) is 7.25. The number of aryl methyl sites for hydroxylation is 2. The van der Waals surface area contributed by atoms with Gasteiger partial charge in [0.1, 0.15) is 6.04 Å². The summed E-state index contributed by atoms with van der Waals surface area (Å²) in [7, 11) is 0. The van der Waals surface area contributed by atoms with Crippen molar-refractivity contribution in [2.45, 2.75) is 53.0 Å². The summed E-state index contributed by atoms with van der Waals surface area (Å²) >= 11 is 0. The standard InChI is InChI=1S/C17H25NO3/c1-5-12-6-8-13(9-7-12)10-11-14(19)18-15(16(20)21)17(2,3)4/h6-9,15H,5,10-11H2,1-4H3,(H,18,19)(H,20,21)/t15-/m1/s1. The highest BCUT2D eigenvalue weighted by Gasteiger charge is 2.32. The van der Waals surface area contributed by atoms with Gasteiger partial charge in [-0.25, -0.2) is 4.79 Å². The van der Waals surface area contributed by atoms with E-state index in [0.29, 0.717) is 12.8 Å². The minimum atomic E-state index is -0.997. The summed E-state index contributed by atoms with van der Waals surface area (Å²) in [4.78, 5) is 23.1. The van der Waals surface area contributed by atoms with Crippen molar-refractivity contribution in [3.8, 4) is 0 Å². The normalized spacial score (nSPS) is 12.8. The van der Waals surface area contributed by atoms with Crippen LogP contribution in [-0.2, 0) is 22.4 Å². The lowest BCUT2D eigenvalue weighted by Gasteiger charge is -2.27. The fourth-order valence-corrected chi connectivity index (χ4v) is 2.08. The predicted molar refractivity (Wildman–Crippen MR) is 83.2 cm³/mol. The second-order valence-electron chi connectivity index (χ2n) is 6.37. The van der Waals surface area contributed by atoms with E-state index in [1.54, 1.807) is 20.8 Å². The Kier molecular flexibility index (Phi) is 5.94. The van der Waals surface area contributed by atoms with Crippen molar-refractivity contribution in [3.63, 3.8) is 0 Å². The van der Waals surface area contributed by atoms with Gasteiger partial charge < -0.3 is 10.4 Å². The van der Waals surface area contributed by atoms with E-state index in [4.69, 9.17) is 0 Å². The Morgan fingerprint density at radius 1 is 1.14 bits per heavy atom.